The zero-order valence-electron chi connectivity index (χ0n) is 22.7. The average molecular weight is 477 g/mol. The van der Waals surface area contributed by atoms with Crippen LogP contribution in [0.15, 0.2) is 0 Å². The number of unbranched alkanes of at least 4 members (excludes halogenated alkanes) is 5. The van der Waals surface area contributed by atoms with E-state index < -0.39 is 0 Å². The fourth-order valence-corrected chi connectivity index (χ4v) is 6.59. The Morgan fingerprint density at radius 2 is 0.824 bits per heavy atom. The molecule has 34 heavy (non-hydrogen) atoms. The zero-order valence-corrected chi connectivity index (χ0v) is 22.7. The molecule has 0 aromatic heterocycles. The second-order valence-electron chi connectivity index (χ2n) is 11.5. The zero-order chi connectivity index (χ0) is 24.4. The Balaban J connectivity index is 1.63. The van der Waals surface area contributed by atoms with Crippen LogP contribution in [0.3, 0.4) is 0 Å². The summed E-state index contributed by atoms with van der Waals surface area (Å²) in [5, 5.41) is 6.61. The Kier molecular flexibility index (Phi) is 15.7. The summed E-state index contributed by atoms with van der Waals surface area (Å²) < 4.78 is 0. The second kappa shape index (κ2) is 18.2. The van der Waals surface area contributed by atoms with Gasteiger partial charge in [-0.25, -0.2) is 0 Å². The summed E-state index contributed by atoms with van der Waals surface area (Å²) in [6.07, 6.45) is 28.7. The van der Waals surface area contributed by atoms with Crippen molar-refractivity contribution in [3.63, 3.8) is 0 Å². The topological polar surface area (TPSA) is 58.2 Å². The summed E-state index contributed by atoms with van der Waals surface area (Å²) >= 11 is 0. The van der Waals surface area contributed by atoms with Crippen molar-refractivity contribution in [1.29, 1.82) is 0 Å². The van der Waals surface area contributed by atoms with Crippen LogP contribution >= 0.6 is 0 Å². The minimum absolute atomic E-state index is 0.144. The third kappa shape index (κ3) is 13.1. The predicted molar refractivity (Wildman–Crippen MR) is 144 cm³/mol. The molecule has 2 saturated carbocycles. The van der Waals surface area contributed by atoms with Crippen LogP contribution in [-0.2, 0) is 9.59 Å². The van der Waals surface area contributed by atoms with Crippen LogP contribution in [0.4, 0.5) is 0 Å². The number of hydrogen-bond donors (Lipinski definition) is 2. The molecule has 4 nitrogen and oxygen atoms in total. The molecule has 0 aromatic carbocycles. The summed E-state index contributed by atoms with van der Waals surface area (Å²) in [5.74, 6) is 1.65. The summed E-state index contributed by atoms with van der Waals surface area (Å²) in [6.45, 7) is 3.36. The van der Waals surface area contributed by atoms with Crippen LogP contribution in [-0.4, -0.2) is 23.9 Å². The molecule has 0 bridgehead atoms. The molecule has 0 aromatic rings. The molecule has 4 heteroatoms. The van der Waals surface area contributed by atoms with Gasteiger partial charge in [0.2, 0.25) is 11.8 Å². The number of carbonyl (C=O) groups excluding carboxylic acids is 2. The molecule has 2 fully saturated rings. The van der Waals surface area contributed by atoms with Crippen molar-refractivity contribution in [3.8, 4) is 0 Å². The molecule has 0 heterocycles. The number of carbonyl (C=O) groups is 2. The summed E-state index contributed by atoms with van der Waals surface area (Å²) in [6, 6.07) is 0.774. The largest absolute Gasteiger partial charge is 0.353 e. The predicted octanol–water partition coefficient (Wildman–Crippen LogP) is 7.84. The first-order valence-corrected chi connectivity index (χ1v) is 15.1. The Hall–Kier alpha value is -1.06. The molecular formula is C30H56N2O2. The molecule has 2 atom stereocenters. The molecule has 2 N–H and O–H groups in total. The Morgan fingerprint density at radius 3 is 1.15 bits per heavy atom. The molecule has 0 spiro atoms. The molecular weight excluding hydrogens is 420 g/mol. The highest BCUT2D eigenvalue weighted by molar-refractivity contribution is 5.73. The van der Waals surface area contributed by atoms with E-state index in [2.05, 4.69) is 10.6 Å². The second-order valence-corrected chi connectivity index (χ2v) is 11.5. The van der Waals surface area contributed by atoms with Gasteiger partial charge in [0.1, 0.15) is 0 Å². The van der Waals surface area contributed by atoms with Crippen molar-refractivity contribution in [1.82, 2.24) is 10.6 Å². The average Bonchev–Trinajstić information content (AvgIpc) is 2.73. The molecule has 2 aliphatic carbocycles. The number of nitrogens with one attached hydrogen (secondary N) is 2. The molecule has 2 unspecified atom stereocenters. The minimum Gasteiger partial charge on any atom is -0.353 e. The van der Waals surface area contributed by atoms with E-state index in [0.717, 1.165) is 12.8 Å². The first-order valence-electron chi connectivity index (χ1n) is 15.1. The summed E-state index contributed by atoms with van der Waals surface area (Å²) in [5.41, 5.74) is 0. The molecule has 0 saturated heterocycles. The molecule has 0 radical (unpaired) electrons. The van der Waals surface area contributed by atoms with Crippen molar-refractivity contribution in [2.24, 2.45) is 11.8 Å². The molecule has 2 aliphatic rings. The van der Waals surface area contributed by atoms with Crippen molar-refractivity contribution in [2.75, 3.05) is 0 Å². The Morgan fingerprint density at radius 1 is 0.529 bits per heavy atom. The standard InChI is InChI=1S/C30H56N2O2/c1-25(33)31-29(27-19-13-7-5-8-14-20-27)23-17-11-3-4-12-18-24-30(32-26(2)34)28-21-15-9-6-10-16-22-28/h27-30H,3-24H2,1-2H3,(H,31,33)(H,32,34). The first-order chi connectivity index (χ1) is 16.6. The van der Waals surface area contributed by atoms with Gasteiger partial charge in [0.25, 0.3) is 0 Å². The molecule has 2 rings (SSSR count). The molecule has 198 valence electrons. The molecule has 0 aliphatic heterocycles. The number of rotatable bonds is 13. The van der Waals surface area contributed by atoms with Crippen LogP contribution in [0.5, 0.6) is 0 Å². The van der Waals surface area contributed by atoms with Gasteiger partial charge in [-0.1, -0.05) is 103 Å². The molecule has 2 amide bonds. The fourth-order valence-electron chi connectivity index (χ4n) is 6.59. The number of amides is 2. The van der Waals surface area contributed by atoms with Gasteiger partial charge in [0.15, 0.2) is 0 Å². The lowest BCUT2D eigenvalue weighted by Gasteiger charge is -2.29. The normalized spacial score (nSPS) is 20.9. The van der Waals surface area contributed by atoms with E-state index in [0.29, 0.717) is 23.9 Å². The quantitative estimate of drug-likeness (QED) is 0.266. The fraction of sp³-hybridized carbons (Fsp3) is 0.933. The van der Waals surface area contributed by atoms with Gasteiger partial charge in [0.05, 0.1) is 0 Å². The number of hydrogen-bond acceptors (Lipinski definition) is 2. The third-order valence-corrected chi connectivity index (χ3v) is 8.50. The van der Waals surface area contributed by atoms with Crippen LogP contribution in [0.2, 0.25) is 0 Å². The van der Waals surface area contributed by atoms with E-state index in [4.69, 9.17) is 0 Å². The lowest BCUT2D eigenvalue weighted by Crippen LogP contribution is -2.39. The van der Waals surface area contributed by atoms with E-state index in [1.54, 1.807) is 13.8 Å². The first kappa shape index (κ1) is 29.2. The lowest BCUT2D eigenvalue weighted by molar-refractivity contribution is -0.121. The van der Waals surface area contributed by atoms with Crippen LogP contribution in [0.1, 0.15) is 155 Å². The van der Waals surface area contributed by atoms with Gasteiger partial charge in [-0.15, -0.1) is 0 Å². The van der Waals surface area contributed by atoms with E-state index in [9.17, 15) is 9.59 Å². The monoisotopic (exact) mass is 476 g/mol. The smallest absolute Gasteiger partial charge is 0.217 e. The highest BCUT2D eigenvalue weighted by Gasteiger charge is 2.23. The highest BCUT2D eigenvalue weighted by Crippen LogP contribution is 2.29. The van der Waals surface area contributed by atoms with Crippen LogP contribution in [0, 0.1) is 11.8 Å². The Bertz CT molecular complexity index is 486. The summed E-state index contributed by atoms with van der Waals surface area (Å²) in [7, 11) is 0. The SMILES string of the molecule is CC(=O)NC(CCCCCCCCC(NC(C)=O)C1CCCCCCC1)C1CCCCCCC1. The van der Waals surface area contributed by atoms with Gasteiger partial charge >= 0.3 is 0 Å². The van der Waals surface area contributed by atoms with Gasteiger partial charge in [-0.3, -0.25) is 9.59 Å². The minimum atomic E-state index is 0.144. The van der Waals surface area contributed by atoms with E-state index in [1.807, 2.05) is 0 Å². The summed E-state index contributed by atoms with van der Waals surface area (Å²) in [4.78, 5) is 23.6. The third-order valence-electron chi connectivity index (χ3n) is 8.50. The maximum Gasteiger partial charge on any atom is 0.217 e. The van der Waals surface area contributed by atoms with Gasteiger partial charge in [-0.05, 0) is 50.4 Å². The van der Waals surface area contributed by atoms with Crippen molar-refractivity contribution in [3.05, 3.63) is 0 Å². The van der Waals surface area contributed by atoms with Crippen LogP contribution in [0.25, 0.3) is 0 Å². The lowest BCUT2D eigenvalue weighted by atomic mass is 9.83. The van der Waals surface area contributed by atoms with Crippen molar-refractivity contribution < 1.29 is 9.59 Å². The van der Waals surface area contributed by atoms with Gasteiger partial charge in [-0.2, -0.15) is 0 Å². The highest BCUT2D eigenvalue weighted by atomic mass is 16.2. The van der Waals surface area contributed by atoms with E-state index in [-0.39, 0.29) is 11.8 Å². The van der Waals surface area contributed by atoms with E-state index >= 15 is 0 Å². The van der Waals surface area contributed by atoms with Gasteiger partial charge in [0, 0.05) is 25.9 Å². The maximum atomic E-state index is 11.8. The van der Waals surface area contributed by atoms with Crippen molar-refractivity contribution >= 4 is 11.8 Å². The Labute approximate surface area is 211 Å². The van der Waals surface area contributed by atoms with Crippen LogP contribution < -0.4 is 10.6 Å². The van der Waals surface area contributed by atoms with Gasteiger partial charge < -0.3 is 10.6 Å². The van der Waals surface area contributed by atoms with Crippen molar-refractivity contribution in [2.45, 2.75) is 167 Å². The van der Waals surface area contributed by atoms with E-state index in [1.165, 1.54) is 128 Å². The maximum absolute atomic E-state index is 11.8.